The molecule has 0 saturated carbocycles. The minimum Gasteiger partial charge on any atom is -0.453 e. The van der Waals surface area contributed by atoms with Crippen molar-refractivity contribution in [2.24, 2.45) is 0 Å². The molecule has 1 aromatic carbocycles. The molecule has 18 heavy (non-hydrogen) atoms. The van der Waals surface area contributed by atoms with Crippen LogP contribution in [0.5, 0.6) is 0 Å². The van der Waals surface area contributed by atoms with Crippen LogP contribution in [-0.4, -0.2) is 30.7 Å². The fourth-order valence-corrected chi connectivity index (χ4v) is 2.68. The molecule has 0 aromatic heterocycles. The van der Waals surface area contributed by atoms with Crippen molar-refractivity contribution in [3.63, 3.8) is 0 Å². The molecular weight excluding hydrogens is 226 g/mol. The van der Waals surface area contributed by atoms with E-state index in [1.54, 1.807) is 0 Å². The van der Waals surface area contributed by atoms with Gasteiger partial charge >= 0.3 is 6.09 Å². The lowest BCUT2D eigenvalue weighted by Crippen LogP contribution is -2.36. The lowest BCUT2D eigenvalue weighted by atomic mass is 9.98. The molecule has 0 radical (unpaired) electrons. The Morgan fingerprint density at radius 2 is 2.22 bits per heavy atom. The fourth-order valence-electron chi connectivity index (χ4n) is 2.68. The highest BCUT2D eigenvalue weighted by Crippen LogP contribution is 2.23. The van der Waals surface area contributed by atoms with Crippen molar-refractivity contribution in [3.05, 3.63) is 34.9 Å². The molecule has 1 aliphatic heterocycles. The van der Waals surface area contributed by atoms with Gasteiger partial charge in [-0.3, -0.25) is 0 Å². The van der Waals surface area contributed by atoms with E-state index in [9.17, 15) is 4.79 Å². The van der Waals surface area contributed by atoms with Gasteiger partial charge < -0.3 is 9.64 Å². The van der Waals surface area contributed by atoms with E-state index in [1.807, 2.05) is 4.90 Å². The third-order valence-electron chi connectivity index (χ3n) is 3.75. The minimum atomic E-state index is -0.192. The average molecular weight is 247 g/mol. The first-order valence-electron chi connectivity index (χ1n) is 6.52. The van der Waals surface area contributed by atoms with E-state index < -0.39 is 0 Å². The number of carbonyl (C=O) groups excluding carboxylic acids is 1. The second-order valence-electron chi connectivity index (χ2n) is 5.09. The van der Waals surface area contributed by atoms with Gasteiger partial charge in [0, 0.05) is 12.6 Å². The van der Waals surface area contributed by atoms with E-state index in [1.165, 1.54) is 23.8 Å². The second-order valence-corrected chi connectivity index (χ2v) is 5.09. The van der Waals surface area contributed by atoms with E-state index in [-0.39, 0.29) is 12.1 Å². The van der Waals surface area contributed by atoms with Gasteiger partial charge in [0.15, 0.2) is 0 Å². The summed E-state index contributed by atoms with van der Waals surface area (Å²) in [6, 6.07) is 6.80. The molecular formula is C15H21NO2. The van der Waals surface area contributed by atoms with Crippen LogP contribution in [0, 0.1) is 13.8 Å². The Morgan fingerprint density at radius 1 is 1.44 bits per heavy atom. The van der Waals surface area contributed by atoms with Crippen LogP contribution in [0.15, 0.2) is 18.2 Å². The number of hydrogen-bond donors (Lipinski definition) is 0. The zero-order valence-electron chi connectivity index (χ0n) is 11.4. The van der Waals surface area contributed by atoms with Crippen molar-refractivity contribution in [2.45, 2.75) is 39.2 Å². The highest BCUT2D eigenvalue weighted by atomic mass is 16.5. The summed E-state index contributed by atoms with van der Waals surface area (Å²) in [5.74, 6) is 0. The van der Waals surface area contributed by atoms with Crippen molar-refractivity contribution in [1.29, 1.82) is 0 Å². The number of hydrogen-bond acceptors (Lipinski definition) is 2. The summed E-state index contributed by atoms with van der Waals surface area (Å²) in [4.78, 5) is 13.5. The summed E-state index contributed by atoms with van der Waals surface area (Å²) in [6.07, 6.45) is 2.89. The first-order chi connectivity index (χ1) is 8.61. The van der Waals surface area contributed by atoms with Gasteiger partial charge in [0.05, 0.1) is 7.11 Å². The van der Waals surface area contributed by atoms with Crippen LogP contribution >= 0.6 is 0 Å². The maximum absolute atomic E-state index is 11.7. The summed E-state index contributed by atoms with van der Waals surface area (Å²) >= 11 is 0. The Hall–Kier alpha value is -1.51. The topological polar surface area (TPSA) is 29.5 Å². The fraction of sp³-hybridized carbons (Fsp3) is 0.533. The molecule has 1 saturated heterocycles. The van der Waals surface area contributed by atoms with Crippen molar-refractivity contribution in [2.75, 3.05) is 13.7 Å². The number of amides is 1. The number of carbonyl (C=O) groups is 1. The Labute approximate surface area is 109 Å². The summed E-state index contributed by atoms with van der Waals surface area (Å²) in [6.45, 7) is 5.06. The third kappa shape index (κ3) is 2.66. The van der Waals surface area contributed by atoms with Gasteiger partial charge in [-0.25, -0.2) is 4.79 Å². The lowest BCUT2D eigenvalue weighted by Gasteiger charge is -2.24. The zero-order chi connectivity index (χ0) is 13.1. The summed E-state index contributed by atoms with van der Waals surface area (Å²) in [5.41, 5.74) is 3.92. The van der Waals surface area contributed by atoms with Gasteiger partial charge in [0.1, 0.15) is 0 Å². The number of methoxy groups -OCH3 is 1. The van der Waals surface area contributed by atoms with E-state index in [4.69, 9.17) is 4.74 Å². The first-order valence-corrected chi connectivity index (χ1v) is 6.52. The van der Waals surface area contributed by atoms with Crippen molar-refractivity contribution in [1.82, 2.24) is 4.90 Å². The van der Waals surface area contributed by atoms with E-state index in [0.717, 1.165) is 25.8 Å². The van der Waals surface area contributed by atoms with Crippen LogP contribution in [0.2, 0.25) is 0 Å². The van der Waals surface area contributed by atoms with Crippen molar-refractivity contribution < 1.29 is 9.53 Å². The van der Waals surface area contributed by atoms with E-state index >= 15 is 0 Å². The Morgan fingerprint density at radius 3 is 2.94 bits per heavy atom. The second kappa shape index (κ2) is 5.42. The highest BCUT2D eigenvalue weighted by molar-refractivity contribution is 5.68. The van der Waals surface area contributed by atoms with Gasteiger partial charge in [-0.1, -0.05) is 23.8 Å². The average Bonchev–Trinajstić information content (AvgIpc) is 2.81. The molecule has 0 spiro atoms. The van der Waals surface area contributed by atoms with Gasteiger partial charge in [0.25, 0.3) is 0 Å². The van der Waals surface area contributed by atoms with Gasteiger partial charge in [-0.15, -0.1) is 0 Å². The standard InChI is InChI=1S/C15H21NO2/c1-11-6-7-12(2)13(9-11)10-14-5-4-8-16(14)15(17)18-3/h6-7,9,14H,4-5,8,10H2,1-3H3. The molecule has 0 aliphatic carbocycles. The maximum atomic E-state index is 11.7. The van der Waals surface area contributed by atoms with Crippen molar-refractivity contribution >= 4 is 6.09 Å². The Bertz CT molecular complexity index is 442. The molecule has 3 heteroatoms. The predicted octanol–water partition coefficient (Wildman–Crippen LogP) is 3.08. The van der Waals surface area contributed by atoms with Gasteiger partial charge in [0.2, 0.25) is 0 Å². The van der Waals surface area contributed by atoms with E-state index in [0.29, 0.717) is 0 Å². The van der Waals surface area contributed by atoms with Gasteiger partial charge in [-0.05, 0) is 44.2 Å². The highest BCUT2D eigenvalue weighted by Gasteiger charge is 2.29. The number of benzene rings is 1. The molecule has 1 atom stereocenters. The largest absolute Gasteiger partial charge is 0.453 e. The molecule has 0 bridgehead atoms. The van der Waals surface area contributed by atoms with Crippen LogP contribution in [0.1, 0.15) is 29.5 Å². The molecule has 0 N–H and O–H groups in total. The van der Waals surface area contributed by atoms with Crippen molar-refractivity contribution in [3.8, 4) is 0 Å². The molecule has 1 aromatic rings. The van der Waals surface area contributed by atoms with Gasteiger partial charge in [-0.2, -0.15) is 0 Å². The number of rotatable bonds is 2. The number of likely N-dealkylation sites (tertiary alicyclic amines) is 1. The smallest absolute Gasteiger partial charge is 0.409 e. The Balaban J connectivity index is 2.13. The summed E-state index contributed by atoms with van der Waals surface area (Å²) < 4.78 is 4.84. The normalized spacial score (nSPS) is 19.1. The molecule has 3 nitrogen and oxygen atoms in total. The minimum absolute atomic E-state index is 0.192. The predicted molar refractivity (Wildman–Crippen MR) is 71.8 cm³/mol. The van der Waals surface area contributed by atoms with E-state index in [2.05, 4.69) is 32.0 Å². The molecule has 2 rings (SSSR count). The number of aryl methyl sites for hydroxylation is 2. The van der Waals surface area contributed by atoms with Crippen LogP contribution in [0.25, 0.3) is 0 Å². The van der Waals surface area contributed by atoms with Crippen LogP contribution in [-0.2, 0) is 11.2 Å². The molecule has 1 fully saturated rings. The molecule has 1 unspecified atom stereocenters. The summed E-state index contributed by atoms with van der Waals surface area (Å²) in [5, 5.41) is 0. The first kappa shape index (κ1) is 12.9. The number of ether oxygens (including phenoxy) is 1. The third-order valence-corrected chi connectivity index (χ3v) is 3.75. The SMILES string of the molecule is COC(=O)N1CCCC1Cc1cc(C)ccc1C. The quantitative estimate of drug-likeness (QED) is 0.803. The lowest BCUT2D eigenvalue weighted by molar-refractivity contribution is 0.119. The summed E-state index contributed by atoms with van der Waals surface area (Å²) in [7, 11) is 1.45. The van der Waals surface area contributed by atoms with Crippen LogP contribution in [0.3, 0.4) is 0 Å². The monoisotopic (exact) mass is 247 g/mol. The van der Waals surface area contributed by atoms with Crippen LogP contribution in [0.4, 0.5) is 4.79 Å². The number of nitrogens with zero attached hydrogens (tertiary/aromatic N) is 1. The van der Waals surface area contributed by atoms with Crippen LogP contribution < -0.4 is 0 Å². The maximum Gasteiger partial charge on any atom is 0.409 e. The Kier molecular flexibility index (Phi) is 3.90. The molecule has 98 valence electrons. The zero-order valence-corrected chi connectivity index (χ0v) is 11.4. The molecule has 1 amide bonds. The molecule has 1 heterocycles. The molecule has 1 aliphatic rings.